The molecule has 1 aliphatic carbocycles. The molecule has 4 heteroatoms. The highest BCUT2D eigenvalue weighted by Gasteiger charge is 2.38. The lowest BCUT2D eigenvalue weighted by Gasteiger charge is -2.03. The first kappa shape index (κ1) is 9.65. The fourth-order valence-corrected chi connectivity index (χ4v) is 1.77. The van der Waals surface area contributed by atoms with Gasteiger partial charge in [-0.3, -0.25) is 4.79 Å². The third-order valence-corrected chi connectivity index (χ3v) is 2.87. The summed E-state index contributed by atoms with van der Waals surface area (Å²) < 4.78 is 0.735. The molecule has 2 unspecified atom stereocenters. The molecule has 2 rings (SSSR count). The molecule has 0 aliphatic heterocycles. The van der Waals surface area contributed by atoms with E-state index >= 15 is 0 Å². The Bertz CT molecular complexity index is 367. The number of carbonyl (C=O) groups is 1. The average molecular weight is 255 g/mol. The number of carbonyl (C=O) groups excluding carboxylic acids is 1. The number of amides is 1. The van der Waals surface area contributed by atoms with E-state index in [-0.39, 0.29) is 11.8 Å². The molecule has 1 aromatic rings. The van der Waals surface area contributed by atoms with Crippen molar-refractivity contribution >= 4 is 27.5 Å². The molecule has 1 amide bonds. The van der Waals surface area contributed by atoms with E-state index in [0.717, 1.165) is 16.7 Å². The van der Waals surface area contributed by atoms with Gasteiger partial charge in [0.25, 0.3) is 0 Å². The maximum Gasteiger partial charge on any atom is 0.227 e. The largest absolute Gasteiger partial charge is 0.326 e. The molecular weight excluding hydrogens is 244 g/mol. The van der Waals surface area contributed by atoms with E-state index in [1.54, 1.807) is 18.3 Å². The second-order valence-corrected chi connectivity index (χ2v) is 4.49. The smallest absolute Gasteiger partial charge is 0.227 e. The highest BCUT2D eigenvalue weighted by Crippen LogP contribution is 2.38. The number of hydrogen-bond donors (Lipinski definition) is 1. The Balaban J connectivity index is 2.00. The summed E-state index contributed by atoms with van der Waals surface area (Å²) in [5.41, 5.74) is 0.802. The number of pyridine rings is 1. The number of aromatic nitrogens is 1. The lowest BCUT2D eigenvalue weighted by molar-refractivity contribution is -0.117. The van der Waals surface area contributed by atoms with Crippen LogP contribution in [-0.2, 0) is 4.79 Å². The molecular formula is C10H11BrN2O. The monoisotopic (exact) mass is 254 g/mol. The molecule has 2 atom stereocenters. The third kappa shape index (κ3) is 2.12. The minimum atomic E-state index is 0.121. The van der Waals surface area contributed by atoms with E-state index in [0.29, 0.717) is 5.92 Å². The Morgan fingerprint density at radius 3 is 3.00 bits per heavy atom. The first-order chi connectivity index (χ1) is 6.66. The topological polar surface area (TPSA) is 42.0 Å². The van der Waals surface area contributed by atoms with Gasteiger partial charge in [0, 0.05) is 17.8 Å². The minimum Gasteiger partial charge on any atom is -0.326 e. The first-order valence-electron chi connectivity index (χ1n) is 4.59. The normalized spacial score (nSPS) is 24.4. The van der Waals surface area contributed by atoms with Gasteiger partial charge in [-0.05, 0) is 40.4 Å². The predicted octanol–water partition coefficient (Wildman–Crippen LogP) is 2.44. The summed E-state index contributed by atoms with van der Waals surface area (Å²) in [7, 11) is 0. The minimum absolute atomic E-state index is 0.121. The Hall–Kier alpha value is -0.900. The second-order valence-electron chi connectivity index (χ2n) is 3.68. The number of nitrogens with one attached hydrogen (secondary N) is 1. The van der Waals surface area contributed by atoms with E-state index in [1.165, 1.54) is 0 Å². The van der Waals surface area contributed by atoms with Crippen LogP contribution in [0.3, 0.4) is 0 Å². The summed E-state index contributed by atoms with van der Waals surface area (Å²) >= 11 is 3.25. The van der Waals surface area contributed by atoms with Crippen molar-refractivity contribution in [1.29, 1.82) is 0 Å². The zero-order valence-electron chi connectivity index (χ0n) is 7.83. The highest BCUT2D eigenvalue weighted by atomic mass is 79.9. The van der Waals surface area contributed by atoms with Crippen molar-refractivity contribution in [3.8, 4) is 0 Å². The van der Waals surface area contributed by atoms with Crippen LogP contribution in [0.4, 0.5) is 5.69 Å². The van der Waals surface area contributed by atoms with Gasteiger partial charge in [0.1, 0.15) is 4.60 Å². The maximum absolute atomic E-state index is 11.5. The summed E-state index contributed by atoms with van der Waals surface area (Å²) in [6.45, 7) is 2.09. The fraction of sp³-hybridized carbons (Fsp3) is 0.400. The van der Waals surface area contributed by atoms with Gasteiger partial charge in [0.15, 0.2) is 0 Å². The van der Waals surface area contributed by atoms with Gasteiger partial charge >= 0.3 is 0 Å². The number of hydrogen-bond acceptors (Lipinski definition) is 2. The summed E-state index contributed by atoms with van der Waals surface area (Å²) in [6.07, 6.45) is 2.67. The SMILES string of the molecule is CC1CC1C(=O)Nc1ccnc(Br)c1. The number of nitrogens with zero attached hydrogens (tertiary/aromatic N) is 1. The molecule has 3 nitrogen and oxygen atoms in total. The summed E-state index contributed by atoms with van der Waals surface area (Å²) in [5, 5.41) is 2.87. The van der Waals surface area contributed by atoms with E-state index in [1.807, 2.05) is 0 Å². The lowest BCUT2D eigenvalue weighted by atomic mass is 10.3. The van der Waals surface area contributed by atoms with Crippen molar-refractivity contribution in [2.75, 3.05) is 5.32 Å². The van der Waals surface area contributed by atoms with Gasteiger partial charge in [0.2, 0.25) is 5.91 Å². The Labute approximate surface area is 91.0 Å². The zero-order chi connectivity index (χ0) is 10.1. The maximum atomic E-state index is 11.5. The molecule has 0 bridgehead atoms. The van der Waals surface area contributed by atoms with Crippen LogP contribution in [0, 0.1) is 11.8 Å². The average Bonchev–Trinajstić information content (AvgIpc) is 2.82. The zero-order valence-corrected chi connectivity index (χ0v) is 9.41. The summed E-state index contributed by atoms with van der Waals surface area (Å²) in [6, 6.07) is 3.58. The van der Waals surface area contributed by atoms with E-state index in [9.17, 15) is 4.79 Å². The molecule has 0 radical (unpaired) electrons. The van der Waals surface area contributed by atoms with Crippen molar-refractivity contribution in [3.05, 3.63) is 22.9 Å². The van der Waals surface area contributed by atoms with Gasteiger partial charge in [-0.2, -0.15) is 0 Å². The second kappa shape index (κ2) is 3.69. The van der Waals surface area contributed by atoms with Crippen LogP contribution >= 0.6 is 15.9 Å². The van der Waals surface area contributed by atoms with E-state index in [4.69, 9.17) is 0 Å². The van der Waals surface area contributed by atoms with Gasteiger partial charge < -0.3 is 5.32 Å². The molecule has 1 N–H and O–H groups in total. The fourth-order valence-electron chi connectivity index (χ4n) is 1.40. The van der Waals surface area contributed by atoms with Crippen molar-refractivity contribution < 1.29 is 4.79 Å². The molecule has 1 aliphatic rings. The van der Waals surface area contributed by atoms with Crippen LogP contribution in [0.25, 0.3) is 0 Å². The predicted molar refractivity (Wildman–Crippen MR) is 57.8 cm³/mol. The Morgan fingerprint density at radius 1 is 1.71 bits per heavy atom. The molecule has 0 spiro atoms. The number of halogens is 1. The Morgan fingerprint density at radius 2 is 2.43 bits per heavy atom. The molecule has 1 saturated carbocycles. The molecule has 0 aromatic carbocycles. The number of anilines is 1. The Kier molecular flexibility index (Phi) is 2.54. The quantitative estimate of drug-likeness (QED) is 0.824. The van der Waals surface area contributed by atoms with Gasteiger partial charge in [-0.15, -0.1) is 0 Å². The van der Waals surface area contributed by atoms with Gasteiger partial charge in [-0.25, -0.2) is 4.98 Å². The van der Waals surface area contributed by atoms with E-state index in [2.05, 4.69) is 33.2 Å². The van der Waals surface area contributed by atoms with Crippen molar-refractivity contribution in [2.45, 2.75) is 13.3 Å². The van der Waals surface area contributed by atoms with Crippen molar-refractivity contribution in [1.82, 2.24) is 4.98 Å². The lowest BCUT2D eigenvalue weighted by Crippen LogP contribution is -2.14. The van der Waals surface area contributed by atoms with Crippen LogP contribution in [0.15, 0.2) is 22.9 Å². The molecule has 74 valence electrons. The van der Waals surface area contributed by atoms with Gasteiger partial charge in [0.05, 0.1) is 0 Å². The van der Waals surface area contributed by atoms with E-state index < -0.39 is 0 Å². The molecule has 0 saturated heterocycles. The van der Waals surface area contributed by atoms with Gasteiger partial charge in [-0.1, -0.05) is 6.92 Å². The van der Waals surface area contributed by atoms with Crippen LogP contribution in [0.1, 0.15) is 13.3 Å². The van der Waals surface area contributed by atoms with Crippen molar-refractivity contribution in [3.63, 3.8) is 0 Å². The first-order valence-corrected chi connectivity index (χ1v) is 5.38. The standard InChI is InChI=1S/C10H11BrN2O/c1-6-4-8(6)10(14)13-7-2-3-12-9(11)5-7/h2-3,5-6,8H,4H2,1H3,(H,12,13,14). The summed E-state index contributed by atoms with van der Waals surface area (Å²) in [5.74, 6) is 0.873. The molecule has 1 aromatic heterocycles. The van der Waals surface area contributed by atoms with Crippen LogP contribution in [0.2, 0.25) is 0 Å². The molecule has 1 heterocycles. The summed E-state index contributed by atoms with van der Waals surface area (Å²) in [4.78, 5) is 15.5. The third-order valence-electron chi connectivity index (χ3n) is 2.44. The highest BCUT2D eigenvalue weighted by molar-refractivity contribution is 9.10. The molecule has 14 heavy (non-hydrogen) atoms. The van der Waals surface area contributed by atoms with Crippen LogP contribution in [-0.4, -0.2) is 10.9 Å². The number of rotatable bonds is 2. The molecule has 1 fully saturated rings. The van der Waals surface area contributed by atoms with Crippen molar-refractivity contribution in [2.24, 2.45) is 11.8 Å². The van der Waals surface area contributed by atoms with Crippen LogP contribution in [0.5, 0.6) is 0 Å². The van der Waals surface area contributed by atoms with Crippen LogP contribution < -0.4 is 5.32 Å².